The lowest BCUT2D eigenvalue weighted by molar-refractivity contribution is 0.556. The lowest BCUT2D eigenvalue weighted by atomic mass is 10.00. The van der Waals surface area contributed by atoms with Crippen molar-refractivity contribution >= 4 is 0 Å². The van der Waals surface area contributed by atoms with E-state index in [1.54, 1.807) is 0 Å². The quantitative estimate of drug-likeness (QED) is 0.320. The van der Waals surface area contributed by atoms with E-state index in [9.17, 15) is 0 Å². The second-order valence-corrected chi connectivity index (χ2v) is 7.91. The van der Waals surface area contributed by atoms with Gasteiger partial charge in [0.05, 0.1) is 0 Å². The number of unbranched alkanes of at least 4 members (excludes halogenated alkanes) is 9. The van der Waals surface area contributed by atoms with Crippen LogP contribution in [0.1, 0.15) is 93.4 Å². The fourth-order valence-corrected chi connectivity index (χ4v) is 3.70. The summed E-state index contributed by atoms with van der Waals surface area (Å²) < 4.78 is 0. The minimum absolute atomic E-state index is 1.04. The summed E-state index contributed by atoms with van der Waals surface area (Å²) >= 11 is 0. The van der Waals surface area contributed by atoms with Crippen molar-refractivity contribution in [1.29, 1.82) is 0 Å². The predicted molar refractivity (Wildman–Crippen MR) is 116 cm³/mol. The lowest BCUT2D eigenvalue weighted by Gasteiger charge is -2.06. The third-order valence-electron chi connectivity index (χ3n) is 5.33. The molecule has 0 aromatic heterocycles. The summed E-state index contributed by atoms with van der Waals surface area (Å²) in [5.74, 6) is 0. The van der Waals surface area contributed by atoms with Crippen LogP contribution in [0, 0.1) is 6.92 Å². The van der Waals surface area contributed by atoms with E-state index in [-0.39, 0.29) is 0 Å². The average Bonchev–Trinajstić information content (AvgIpc) is 2.65. The zero-order valence-electron chi connectivity index (χ0n) is 17.1. The minimum Gasteiger partial charge on any atom is -0.0654 e. The molecule has 0 heterocycles. The summed E-state index contributed by atoms with van der Waals surface area (Å²) in [5, 5.41) is 0. The topological polar surface area (TPSA) is 0 Å². The maximum absolute atomic E-state index is 2.33. The van der Waals surface area contributed by atoms with E-state index >= 15 is 0 Å². The van der Waals surface area contributed by atoms with Crippen molar-refractivity contribution in [1.82, 2.24) is 0 Å². The largest absolute Gasteiger partial charge is 0.0654 e. The van der Waals surface area contributed by atoms with E-state index in [2.05, 4.69) is 62.4 Å². The van der Waals surface area contributed by atoms with Crippen molar-refractivity contribution < 1.29 is 0 Å². The molecule has 142 valence electrons. The monoisotopic (exact) mass is 350 g/mol. The van der Waals surface area contributed by atoms with Crippen molar-refractivity contribution in [2.75, 3.05) is 0 Å². The van der Waals surface area contributed by atoms with Gasteiger partial charge in [-0.3, -0.25) is 0 Å². The zero-order valence-corrected chi connectivity index (χ0v) is 17.1. The first-order chi connectivity index (χ1) is 12.8. The molecule has 0 N–H and O–H groups in total. The van der Waals surface area contributed by atoms with E-state index < -0.39 is 0 Å². The van der Waals surface area contributed by atoms with Crippen LogP contribution in [0.3, 0.4) is 0 Å². The molecule has 2 rings (SSSR count). The molecule has 0 bridgehead atoms. The molecule has 0 aliphatic carbocycles. The molecule has 2 aromatic carbocycles. The molecule has 0 saturated carbocycles. The van der Waals surface area contributed by atoms with Gasteiger partial charge >= 0.3 is 0 Å². The molecule has 0 aliphatic rings. The van der Waals surface area contributed by atoms with Gasteiger partial charge in [0.15, 0.2) is 0 Å². The summed E-state index contributed by atoms with van der Waals surface area (Å²) in [5.41, 5.74) is 5.67. The third-order valence-corrected chi connectivity index (χ3v) is 5.33. The zero-order chi connectivity index (χ0) is 18.5. The summed E-state index contributed by atoms with van der Waals surface area (Å²) in [6.07, 6.45) is 16.4. The fraction of sp³-hybridized carbons (Fsp3) is 0.538. The molecule has 0 radical (unpaired) electrons. The smallest absolute Gasteiger partial charge is 0.00257 e. The van der Waals surface area contributed by atoms with Gasteiger partial charge in [-0.2, -0.15) is 0 Å². The predicted octanol–water partition coefficient (Wildman–Crippen LogP) is 8.05. The van der Waals surface area contributed by atoms with Crippen molar-refractivity contribution in [3.63, 3.8) is 0 Å². The molecule has 0 aliphatic heterocycles. The van der Waals surface area contributed by atoms with E-state index in [4.69, 9.17) is 0 Å². The van der Waals surface area contributed by atoms with Gasteiger partial charge in [-0.05, 0) is 42.9 Å². The molecule has 0 saturated heterocycles. The number of hydrogen-bond donors (Lipinski definition) is 0. The van der Waals surface area contributed by atoms with Gasteiger partial charge in [0, 0.05) is 0 Å². The summed E-state index contributed by atoms with van der Waals surface area (Å²) in [4.78, 5) is 0. The first kappa shape index (κ1) is 20.7. The molecule has 0 heteroatoms. The van der Waals surface area contributed by atoms with Crippen LogP contribution < -0.4 is 0 Å². The Balaban J connectivity index is 1.56. The Morgan fingerprint density at radius 1 is 0.577 bits per heavy atom. The van der Waals surface area contributed by atoms with E-state index in [0.717, 1.165) is 6.42 Å². The molecule has 0 amide bonds. The molecular weight excluding hydrogens is 312 g/mol. The first-order valence-electron chi connectivity index (χ1n) is 10.9. The molecular formula is C26H38. The van der Waals surface area contributed by atoms with Crippen LogP contribution in [0.4, 0.5) is 0 Å². The number of hydrogen-bond acceptors (Lipinski definition) is 0. The number of aryl methyl sites for hydroxylation is 2. The van der Waals surface area contributed by atoms with Gasteiger partial charge < -0.3 is 0 Å². The highest BCUT2D eigenvalue weighted by Crippen LogP contribution is 2.15. The highest BCUT2D eigenvalue weighted by molar-refractivity contribution is 5.30. The Bertz CT molecular complexity index is 594. The Morgan fingerprint density at radius 3 is 1.77 bits per heavy atom. The van der Waals surface area contributed by atoms with Gasteiger partial charge in [0.2, 0.25) is 0 Å². The number of rotatable bonds is 13. The Kier molecular flexibility index (Phi) is 10.2. The van der Waals surface area contributed by atoms with Crippen LogP contribution in [-0.4, -0.2) is 0 Å². The van der Waals surface area contributed by atoms with E-state index in [1.165, 1.54) is 92.9 Å². The van der Waals surface area contributed by atoms with E-state index in [1.807, 2.05) is 0 Å². The highest BCUT2D eigenvalue weighted by Gasteiger charge is 1.99. The van der Waals surface area contributed by atoms with Crippen molar-refractivity contribution in [2.24, 2.45) is 0 Å². The van der Waals surface area contributed by atoms with Crippen LogP contribution in [-0.2, 0) is 12.8 Å². The van der Waals surface area contributed by atoms with Gasteiger partial charge in [0.25, 0.3) is 0 Å². The van der Waals surface area contributed by atoms with Gasteiger partial charge in [-0.25, -0.2) is 0 Å². The van der Waals surface area contributed by atoms with Gasteiger partial charge in [0.1, 0.15) is 0 Å². The highest BCUT2D eigenvalue weighted by atomic mass is 14.0. The van der Waals surface area contributed by atoms with Crippen molar-refractivity contribution in [3.05, 3.63) is 70.8 Å². The normalized spacial score (nSPS) is 11.0. The van der Waals surface area contributed by atoms with E-state index in [0.29, 0.717) is 0 Å². The minimum atomic E-state index is 1.04. The van der Waals surface area contributed by atoms with Crippen LogP contribution in [0.25, 0.3) is 0 Å². The van der Waals surface area contributed by atoms with Crippen molar-refractivity contribution in [2.45, 2.75) is 90.9 Å². The standard InChI is InChI=1S/C26H38/c1-3-4-5-6-7-8-9-10-11-12-15-24-17-19-25(20-18-24)22-26-16-13-14-23(2)21-26/h13-14,16-21H,3-12,15,22H2,1-2H3. The molecule has 26 heavy (non-hydrogen) atoms. The maximum atomic E-state index is 2.33. The van der Waals surface area contributed by atoms with Gasteiger partial charge in [-0.15, -0.1) is 0 Å². The fourth-order valence-electron chi connectivity index (χ4n) is 3.70. The number of benzene rings is 2. The first-order valence-corrected chi connectivity index (χ1v) is 10.9. The summed E-state index contributed by atoms with van der Waals surface area (Å²) in [6, 6.07) is 18.1. The van der Waals surface area contributed by atoms with Crippen LogP contribution in [0.5, 0.6) is 0 Å². The Labute approximate surface area is 162 Å². The second kappa shape index (κ2) is 12.7. The molecule has 0 atom stereocenters. The van der Waals surface area contributed by atoms with Crippen LogP contribution >= 0.6 is 0 Å². The Hall–Kier alpha value is -1.56. The lowest BCUT2D eigenvalue weighted by Crippen LogP contribution is -1.91. The second-order valence-electron chi connectivity index (χ2n) is 7.91. The molecule has 0 nitrogen and oxygen atoms in total. The third kappa shape index (κ3) is 8.70. The van der Waals surface area contributed by atoms with Crippen LogP contribution in [0.15, 0.2) is 48.5 Å². The SMILES string of the molecule is CCCCCCCCCCCCc1ccc(Cc2cccc(C)c2)cc1. The molecule has 0 unspecified atom stereocenters. The summed E-state index contributed by atoms with van der Waals surface area (Å²) in [6.45, 7) is 4.46. The maximum Gasteiger partial charge on any atom is -0.00257 e. The van der Waals surface area contributed by atoms with Gasteiger partial charge in [-0.1, -0.05) is 119 Å². The van der Waals surface area contributed by atoms with Crippen molar-refractivity contribution in [3.8, 4) is 0 Å². The Morgan fingerprint density at radius 2 is 1.15 bits per heavy atom. The average molecular weight is 351 g/mol. The van der Waals surface area contributed by atoms with Crippen LogP contribution in [0.2, 0.25) is 0 Å². The summed E-state index contributed by atoms with van der Waals surface area (Å²) in [7, 11) is 0. The molecule has 0 spiro atoms. The molecule has 2 aromatic rings. The molecule has 0 fully saturated rings.